The number of nitrogens with zero attached hydrogens (tertiary/aromatic N) is 2. The molecule has 6 nitrogen and oxygen atoms in total. The number of hydrogen-bond donors (Lipinski definition) is 2. The van der Waals surface area contributed by atoms with Gasteiger partial charge in [-0.2, -0.15) is 0 Å². The monoisotopic (exact) mass is 444 g/mol. The Morgan fingerprint density at radius 2 is 2.00 bits per heavy atom. The molecule has 3 N–H and O–H groups in total. The minimum atomic E-state index is -0.219. The van der Waals surface area contributed by atoms with E-state index < -0.39 is 0 Å². The molecule has 0 saturated heterocycles. The Labute approximate surface area is 190 Å². The van der Waals surface area contributed by atoms with Gasteiger partial charge in [-0.25, -0.2) is 4.98 Å². The lowest BCUT2D eigenvalue weighted by Gasteiger charge is -2.27. The van der Waals surface area contributed by atoms with Gasteiger partial charge >= 0.3 is 0 Å². The van der Waals surface area contributed by atoms with E-state index in [0.717, 1.165) is 58.0 Å². The fraction of sp³-hybridized carbons (Fsp3) is 0.200. The van der Waals surface area contributed by atoms with Crippen LogP contribution < -0.4 is 15.8 Å². The highest BCUT2D eigenvalue weighted by molar-refractivity contribution is 7.21. The Balaban J connectivity index is 1.71. The number of likely N-dealkylation sites (N-methyl/N-ethyl adjacent to an activating group) is 1. The number of anilines is 2. The third-order valence-electron chi connectivity index (χ3n) is 5.82. The van der Waals surface area contributed by atoms with Crippen molar-refractivity contribution in [3.8, 4) is 16.9 Å². The van der Waals surface area contributed by atoms with Gasteiger partial charge in [0.1, 0.15) is 15.5 Å². The molecule has 162 valence electrons. The van der Waals surface area contributed by atoms with Crippen LogP contribution in [0.3, 0.4) is 0 Å². The Morgan fingerprint density at radius 3 is 2.78 bits per heavy atom. The summed E-state index contributed by atoms with van der Waals surface area (Å²) < 4.78 is 5.47. The van der Waals surface area contributed by atoms with Gasteiger partial charge < -0.3 is 20.7 Å². The Morgan fingerprint density at radius 1 is 1.19 bits per heavy atom. The second-order valence-corrected chi connectivity index (χ2v) is 8.98. The van der Waals surface area contributed by atoms with E-state index in [1.807, 2.05) is 48.5 Å². The Bertz CT molecular complexity index is 1320. The number of pyridine rings is 1. The maximum Gasteiger partial charge on any atom is 0.267 e. The van der Waals surface area contributed by atoms with Gasteiger partial charge in [0.05, 0.1) is 12.8 Å². The van der Waals surface area contributed by atoms with E-state index in [0.29, 0.717) is 10.6 Å². The minimum absolute atomic E-state index is 0.219. The number of benzene rings is 2. The highest BCUT2D eigenvalue weighted by Gasteiger charge is 2.27. The van der Waals surface area contributed by atoms with E-state index in [4.69, 9.17) is 15.5 Å². The highest BCUT2D eigenvalue weighted by Crippen LogP contribution is 2.44. The summed E-state index contributed by atoms with van der Waals surface area (Å²) in [5.74, 6) is 0.560. The molecule has 2 aromatic heterocycles. The van der Waals surface area contributed by atoms with Crippen LogP contribution in [0.4, 0.5) is 11.4 Å². The standard InChI is InChI=1S/C25H24N4O2S/c1-29-12-11-19-18(14-29)20(15-7-6-10-17(13-15)31-2)21-22(26)23(32-25(21)28-19)24(30)27-16-8-4-3-5-9-16/h3-10,13H,11-12,14,26H2,1-2H3,(H,27,30). The molecule has 0 fully saturated rings. The quantitative estimate of drug-likeness (QED) is 0.473. The summed E-state index contributed by atoms with van der Waals surface area (Å²) in [5, 5.41) is 3.79. The molecule has 2 aromatic carbocycles. The number of thiophene rings is 1. The van der Waals surface area contributed by atoms with E-state index in [2.05, 4.69) is 23.3 Å². The van der Waals surface area contributed by atoms with Gasteiger partial charge in [0.15, 0.2) is 0 Å². The second kappa shape index (κ2) is 8.26. The van der Waals surface area contributed by atoms with Crippen molar-refractivity contribution >= 4 is 38.8 Å². The molecule has 4 aromatic rings. The van der Waals surface area contributed by atoms with Crippen LogP contribution in [0.5, 0.6) is 5.75 Å². The van der Waals surface area contributed by atoms with Crippen molar-refractivity contribution in [3.05, 3.63) is 70.7 Å². The lowest BCUT2D eigenvalue weighted by Crippen LogP contribution is -2.27. The number of nitrogens with two attached hydrogens (primary N) is 1. The van der Waals surface area contributed by atoms with Gasteiger partial charge in [-0.05, 0) is 42.4 Å². The normalized spacial score (nSPS) is 13.7. The molecule has 3 heterocycles. The number of aromatic nitrogens is 1. The van der Waals surface area contributed by atoms with Crippen molar-refractivity contribution in [2.24, 2.45) is 0 Å². The fourth-order valence-electron chi connectivity index (χ4n) is 4.23. The number of methoxy groups -OCH3 is 1. The zero-order chi connectivity index (χ0) is 22.2. The summed E-state index contributed by atoms with van der Waals surface area (Å²) in [5.41, 5.74) is 12.1. The van der Waals surface area contributed by atoms with Crippen LogP contribution in [0.1, 0.15) is 20.9 Å². The second-order valence-electron chi connectivity index (χ2n) is 7.98. The van der Waals surface area contributed by atoms with E-state index >= 15 is 0 Å². The van der Waals surface area contributed by atoms with Gasteiger partial charge in [-0.1, -0.05) is 30.3 Å². The molecular formula is C25H24N4O2S. The average molecular weight is 445 g/mol. The summed E-state index contributed by atoms with van der Waals surface area (Å²) in [6.07, 6.45) is 0.863. The average Bonchev–Trinajstić information content (AvgIpc) is 3.14. The van der Waals surface area contributed by atoms with Crippen LogP contribution in [0.25, 0.3) is 21.3 Å². The zero-order valence-electron chi connectivity index (χ0n) is 18.0. The number of nitrogen functional groups attached to an aromatic ring is 1. The lowest BCUT2D eigenvalue weighted by atomic mass is 9.92. The number of rotatable bonds is 4. The first kappa shape index (κ1) is 20.5. The van der Waals surface area contributed by atoms with Crippen molar-refractivity contribution in [1.29, 1.82) is 0 Å². The van der Waals surface area contributed by atoms with Gasteiger partial charge in [-0.3, -0.25) is 4.79 Å². The van der Waals surface area contributed by atoms with Crippen molar-refractivity contribution in [3.63, 3.8) is 0 Å². The lowest BCUT2D eigenvalue weighted by molar-refractivity contribution is 0.103. The minimum Gasteiger partial charge on any atom is -0.497 e. The topological polar surface area (TPSA) is 80.5 Å². The third kappa shape index (κ3) is 3.59. The van der Waals surface area contributed by atoms with Crippen LogP contribution in [-0.4, -0.2) is 36.5 Å². The van der Waals surface area contributed by atoms with Crippen molar-refractivity contribution in [2.75, 3.05) is 31.8 Å². The molecule has 0 bridgehead atoms. The van der Waals surface area contributed by atoms with Crippen molar-refractivity contribution in [2.45, 2.75) is 13.0 Å². The van der Waals surface area contributed by atoms with Gasteiger partial charge in [0.25, 0.3) is 5.91 Å². The molecule has 5 rings (SSSR count). The number of carbonyl (C=O) groups excluding carboxylic acids is 1. The summed E-state index contributed by atoms with van der Waals surface area (Å²) in [4.78, 5) is 21.6. The predicted molar refractivity (Wildman–Crippen MR) is 130 cm³/mol. The van der Waals surface area contributed by atoms with Crippen LogP contribution in [-0.2, 0) is 13.0 Å². The molecule has 0 atom stereocenters. The Hall–Kier alpha value is -3.42. The molecule has 0 saturated carbocycles. The molecule has 32 heavy (non-hydrogen) atoms. The number of nitrogens with one attached hydrogen (secondary N) is 1. The molecule has 0 unspecified atom stereocenters. The molecule has 1 amide bonds. The van der Waals surface area contributed by atoms with Crippen LogP contribution in [0.15, 0.2) is 54.6 Å². The molecule has 7 heteroatoms. The van der Waals surface area contributed by atoms with E-state index in [9.17, 15) is 4.79 Å². The van der Waals surface area contributed by atoms with Gasteiger partial charge in [-0.15, -0.1) is 11.3 Å². The first-order chi connectivity index (χ1) is 15.5. The number of carbonyl (C=O) groups is 1. The van der Waals surface area contributed by atoms with Crippen LogP contribution in [0, 0.1) is 0 Å². The van der Waals surface area contributed by atoms with E-state index in [1.165, 1.54) is 16.9 Å². The SMILES string of the molecule is COc1cccc(-c2c3c(nc4sc(C(=O)Nc5ccccc5)c(N)c24)CCN(C)C3)c1. The van der Waals surface area contributed by atoms with Crippen LogP contribution >= 0.6 is 11.3 Å². The largest absolute Gasteiger partial charge is 0.497 e. The van der Waals surface area contributed by atoms with E-state index in [-0.39, 0.29) is 5.91 Å². The summed E-state index contributed by atoms with van der Waals surface area (Å²) in [6.45, 7) is 1.73. The number of hydrogen-bond acceptors (Lipinski definition) is 6. The first-order valence-corrected chi connectivity index (χ1v) is 11.3. The zero-order valence-corrected chi connectivity index (χ0v) is 18.8. The Kier molecular flexibility index (Phi) is 5.28. The molecule has 1 aliphatic heterocycles. The molecular weight excluding hydrogens is 420 g/mol. The number of amides is 1. The van der Waals surface area contributed by atoms with Gasteiger partial charge in [0.2, 0.25) is 0 Å². The summed E-state index contributed by atoms with van der Waals surface area (Å²) in [7, 11) is 3.77. The maximum absolute atomic E-state index is 13.1. The third-order valence-corrected chi connectivity index (χ3v) is 6.92. The maximum atomic E-state index is 13.1. The molecule has 0 aliphatic carbocycles. The highest BCUT2D eigenvalue weighted by atomic mass is 32.1. The van der Waals surface area contributed by atoms with Crippen molar-refractivity contribution < 1.29 is 9.53 Å². The molecule has 0 radical (unpaired) electrons. The summed E-state index contributed by atoms with van der Waals surface area (Å²) in [6, 6.07) is 17.4. The van der Waals surface area contributed by atoms with Crippen molar-refractivity contribution in [1.82, 2.24) is 9.88 Å². The molecule has 0 spiro atoms. The van der Waals surface area contributed by atoms with E-state index in [1.54, 1.807) is 7.11 Å². The molecule has 1 aliphatic rings. The number of ether oxygens (including phenoxy) is 1. The summed E-state index contributed by atoms with van der Waals surface area (Å²) >= 11 is 1.35. The number of para-hydroxylation sites is 1. The predicted octanol–water partition coefficient (Wildman–Crippen LogP) is 4.79. The number of fused-ring (bicyclic) bond motifs is 2. The fourth-order valence-corrected chi connectivity index (χ4v) is 5.25. The first-order valence-electron chi connectivity index (χ1n) is 10.5. The van der Waals surface area contributed by atoms with Gasteiger partial charge in [0, 0.05) is 41.8 Å². The smallest absolute Gasteiger partial charge is 0.267 e. The van der Waals surface area contributed by atoms with Crippen LogP contribution in [0.2, 0.25) is 0 Å².